The van der Waals surface area contributed by atoms with Crippen LogP contribution in [0.2, 0.25) is 0 Å². The Labute approximate surface area is 147 Å². The minimum absolute atomic E-state index is 0.115. The van der Waals surface area contributed by atoms with E-state index in [1.165, 1.54) is 48.2 Å². The average molecular weight is 359 g/mol. The van der Waals surface area contributed by atoms with Crippen molar-refractivity contribution in [3.05, 3.63) is 65.7 Å². The van der Waals surface area contributed by atoms with E-state index in [1.807, 2.05) is 0 Å². The molecule has 0 fully saturated rings. The number of halogens is 2. The summed E-state index contributed by atoms with van der Waals surface area (Å²) in [4.78, 5) is 12.4. The maximum absolute atomic E-state index is 13.0. The van der Waals surface area contributed by atoms with Gasteiger partial charge in [-0.2, -0.15) is 0 Å². The molecule has 25 heavy (non-hydrogen) atoms. The molecule has 2 aromatic carbocycles. The summed E-state index contributed by atoms with van der Waals surface area (Å²) < 4.78 is 27.8. The molecule has 0 N–H and O–H groups in total. The normalized spacial score (nSPS) is 12.2. The molecule has 0 unspecified atom stereocenters. The first-order chi connectivity index (χ1) is 12.0. The molecule has 0 bridgehead atoms. The lowest BCUT2D eigenvalue weighted by molar-refractivity contribution is 0.0994. The first-order valence-corrected chi connectivity index (χ1v) is 8.45. The van der Waals surface area contributed by atoms with E-state index in [0.717, 1.165) is 5.56 Å². The van der Waals surface area contributed by atoms with Gasteiger partial charge in [0.2, 0.25) is 0 Å². The predicted octanol–water partition coefficient (Wildman–Crippen LogP) is 4.12. The van der Waals surface area contributed by atoms with Crippen molar-refractivity contribution < 1.29 is 13.6 Å². The lowest BCUT2D eigenvalue weighted by Gasteiger charge is -2.10. The van der Waals surface area contributed by atoms with Crippen molar-refractivity contribution in [2.75, 3.05) is 0 Å². The zero-order valence-electron chi connectivity index (χ0n) is 13.6. The molecule has 4 nitrogen and oxygen atoms in total. The fourth-order valence-electron chi connectivity index (χ4n) is 2.33. The SMILES string of the molecule is C[C@H](Sc1nnc(-c2ccc(F)cc2)n1C)C(=O)c1ccc(F)cc1. The van der Waals surface area contributed by atoms with Crippen molar-refractivity contribution in [2.24, 2.45) is 7.05 Å². The molecular weight excluding hydrogens is 344 g/mol. The zero-order valence-corrected chi connectivity index (χ0v) is 14.4. The van der Waals surface area contributed by atoms with E-state index in [0.29, 0.717) is 16.5 Å². The number of rotatable bonds is 5. The molecule has 1 atom stereocenters. The van der Waals surface area contributed by atoms with Gasteiger partial charge in [0.25, 0.3) is 0 Å². The van der Waals surface area contributed by atoms with Crippen LogP contribution < -0.4 is 0 Å². The number of thioether (sulfide) groups is 1. The number of hydrogen-bond donors (Lipinski definition) is 0. The molecule has 3 aromatic rings. The summed E-state index contributed by atoms with van der Waals surface area (Å²) in [5.74, 6) is -0.228. The van der Waals surface area contributed by atoms with E-state index in [9.17, 15) is 13.6 Å². The van der Waals surface area contributed by atoms with Crippen LogP contribution in [0, 0.1) is 11.6 Å². The minimum Gasteiger partial charge on any atom is -0.305 e. The lowest BCUT2D eigenvalue weighted by atomic mass is 10.1. The van der Waals surface area contributed by atoms with Gasteiger partial charge < -0.3 is 4.57 Å². The third-order valence-electron chi connectivity index (χ3n) is 3.72. The van der Waals surface area contributed by atoms with E-state index in [1.54, 1.807) is 30.7 Å². The Bertz CT molecular complexity index is 892. The molecule has 7 heteroatoms. The molecule has 0 saturated heterocycles. The molecule has 1 aromatic heterocycles. The maximum atomic E-state index is 13.0. The zero-order chi connectivity index (χ0) is 18.0. The number of aromatic nitrogens is 3. The van der Waals surface area contributed by atoms with Gasteiger partial charge in [-0.15, -0.1) is 10.2 Å². The van der Waals surface area contributed by atoms with Crippen molar-refractivity contribution in [3.8, 4) is 11.4 Å². The van der Waals surface area contributed by atoms with Crippen LogP contribution in [0.5, 0.6) is 0 Å². The van der Waals surface area contributed by atoms with Crippen molar-refractivity contribution >= 4 is 17.5 Å². The van der Waals surface area contributed by atoms with E-state index in [4.69, 9.17) is 0 Å². The second-order valence-corrected chi connectivity index (χ2v) is 6.81. The summed E-state index contributed by atoms with van der Waals surface area (Å²) >= 11 is 1.27. The van der Waals surface area contributed by atoms with Crippen LogP contribution in [0.3, 0.4) is 0 Å². The summed E-state index contributed by atoms with van der Waals surface area (Å²) in [5.41, 5.74) is 1.18. The molecule has 0 saturated carbocycles. The molecule has 1 heterocycles. The highest BCUT2D eigenvalue weighted by molar-refractivity contribution is 8.00. The molecular formula is C18H15F2N3OS. The van der Waals surface area contributed by atoms with Crippen LogP contribution in [0.25, 0.3) is 11.4 Å². The molecule has 128 valence electrons. The van der Waals surface area contributed by atoms with Crippen molar-refractivity contribution in [1.29, 1.82) is 0 Å². The smallest absolute Gasteiger partial charge is 0.191 e. The lowest BCUT2D eigenvalue weighted by Crippen LogP contribution is -2.14. The van der Waals surface area contributed by atoms with Crippen molar-refractivity contribution in [1.82, 2.24) is 14.8 Å². The van der Waals surface area contributed by atoms with E-state index < -0.39 is 5.25 Å². The third kappa shape index (κ3) is 3.76. The summed E-state index contributed by atoms with van der Waals surface area (Å²) in [6.07, 6.45) is 0. The maximum Gasteiger partial charge on any atom is 0.191 e. The summed E-state index contributed by atoms with van der Waals surface area (Å²) in [6.45, 7) is 1.77. The minimum atomic E-state index is -0.408. The first-order valence-electron chi connectivity index (χ1n) is 7.57. The van der Waals surface area contributed by atoms with Gasteiger partial charge in [0, 0.05) is 18.2 Å². The number of carbonyl (C=O) groups is 1. The van der Waals surface area contributed by atoms with Gasteiger partial charge in [-0.3, -0.25) is 4.79 Å². The van der Waals surface area contributed by atoms with Gasteiger partial charge in [-0.25, -0.2) is 8.78 Å². The summed E-state index contributed by atoms with van der Waals surface area (Å²) in [6, 6.07) is 11.4. The fraction of sp³-hybridized carbons (Fsp3) is 0.167. The molecule has 3 rings (SSSR count). The number of ketones is 1. The predicted molar refractivity (Wildman–Crippen MR) is 92.4 cm³/mol. The Morgan fingerprint density at radius 1 is 1.00 bits per heavy atom. The van der Waals surface area contributed by atoms with Crippen LogP contribution in [0.15, 0.2) is 53.7 Å². The average Bonchev–Trinajstić information content (AvgIpc) is 2.96. The summed E-state index contributed by atoms with van der Waals surface area (Å²) in [5, 5.41) is 8.40. The van der Waals surface area contributed by atoms with E-state index >= 15 is 0 Å². The Morgan fingerprint density at radius 2 is 1.56 bits per heavy atom. The molecule has 0 aliphatic carbocycles. The van der Waals surface area contributed by atoms with Gasteiger partial charge in [0.05, 0.1) is 5.25 Å². The highest BCUT2D eigenvalue weighted by atomic mass is 32.2. The largest absolute Gasteiger partial charge is 0.305 e. The van der Waals surface area contributed by atoms with Gasteiger partial charge in [0.1, 0.15) is 11.6 Å². The summed E-state index contributed by atoms with van der Waals surface area (Å²) in [7, 11) is 1.79. The third-order valence-corrected chi connectivity index (χ3v) is 4.85. The molecule has 0 radical (unpaired) electrons. The second-order valence-electron chi connectivity index (χ2n) is 5.50. The van der Waals surface area contributed by atoms with Crippen LogP contribution in [-0.4, -0.2) is 25.8 Å². The number of hydrogen-bond acceptors (Lipinski definition) is 4. The van der Waals surface area contributed by atoms with Crippen molar-refractivity contribution in [3.63, 3.8) is 0 Å². The van der Waals surface area contributed by atoms with Crippen LogP contribution in [0.4, 0.5) is 8.78 Å². The molecule has 0 aliphatic rings. The van der Waals surface area contributed by atoms with Gasteiger partial charge >= 0.3 is 0 Å². The topological polar surface area (TPSA) is 47.8 Å². The first kappa shape index (κ1) is 17.3. The number of nitrogens with zero attached hydrogens (tertiary/aromatic N) is 3. The Morgan fingerprint density at radius 3 is 2.16 bits per heavy atom. The molecule has 0 spiro atoms. The van der Waals surface area contributed by atoms with Crippen molar-refractivity contribution in [2.45, 2.75) is 17.3 Å². The number of carbonyl (C=O) groups excluding carboxylic acids is 1. The molecule has 0 amide bonds. The molecule has 0 aliphatic heterocycles. The number of Topliss-reactive ketones (excluding diaryl/α,β-unsaturated/α-hetero) is 1. The number of benzene rings is 2. The second kappa shape index (κ2) is 7.14. The standard InChI is InChI=1S/C18H15F2N3OS/c1-11(16(24)12-3-7-14(19)8-4-12)25-18-22-21-17(23(18)2)13-5-9-15(20)10-6-13/h3-11H,1-2H3/t11-/m0/s1. The quantitative estimate of drug-likeness (QED) is 0.508. The Kier molecular flexibility index (Phi) is 4.94. The van der Waals surface area contributed by atoms with Gasteiger partial charge in [-0.1, -0.05) is 11.8 Å². The van der Waals surface area contributed by atoms with E-state index in [2.05, 4.69) is 10.2 Å². The van der Waals surface area contributed by atoms with Gasteiger partial charge in [-0.05, 0) is 55.5 Å². The van der Waals surface area contributed by atoms with Crippen LogP contribution in [-0.2, 0) is 7.05 Å². The Balaban J connectivity index is 1.78. The van der Waals surface area contributed by atoms with E-state index in [-0.39, 0.29) is 17.4 Å². The monoisotopic (exact) mass is 359 g/mol. The van der Waals surface area contributed by atoms with Crippen LogP contribution in [0.1, 0.15) is 17.3 Å². The van der Waals surface area contributed by atoms with Crippen LogP contribution >= 0.6 is 11.8 Å². The van der Waals surface area contributed by atoms with Gasteiger partial charge in [0.15, 0.2) is 16.8 Å². The Hall–Kier alpha value is -2.54. The highest BCUT2D eigenvalue weighted by Gasteiger charge is 2.20. The fourth-order valence-corrected chi connectivity index (χ4v) is 3.22. The highest BCUT2D eigenvalue weighted by Crippen LogP contribution is 2.27.